The summed E-state index contributed by atoms with van der Waals surface area (Å²) in [6.45, 7) is 6.37. The molecule has 1 atom stereocenters. The number of rotatable bonds is 5. The van der Waals surface area contributed by atoms with Gasteiger partial charge in [0.15, 0.2) is 0 Å². The Morgan fingerprint density at radius 2 is 1.95 bits per heavy atom. The average molecular weight is 307 g/mol. The van der Waals surface area contributed by atoms with Crippen molar-refractivity contribution in [2.75, 3.05) is 6.54 Å². The summed E-state index contributed by atoms with van der Waals surface area (Å²) in [5.74, 6) is 0.132. The number of H-pyrrole nitrogens is 1. The molecule has 1 fully saturated rings. The molecule has 1 aliphatic rings. The van der Waals surface area contributed by atoms with Gasteiger partial charge in [0.1, 0.15) is 0 Å². The Kier molecular flexibility index (Phi) is 5.62. The molecule has 22 heavy (non-hydrogen) atoms. The summed E-state index contributed by atoms with van der Waals surface area (Å²) in [6.07, 6.45) is 6.49. The summed E-state index contributed by atoms with van der Waals surface area (Å²) >= 11 is 0. The maximum absolute atomic E-state index is 12.2. The second-order valence-corrected chi connectivity index (χ2v) is 6.87. The summed E-state index contributed by atoms with van der Waals surface area (Å²) in [5.41, 5.74) is 2.40. The normalized spacial score (nSPS) is 19.5. The molecule has 0 saturated heterocycles. The van der Waals surface area contributed by atoms with Crippen LogP contribution < -0.4 is 5.32 Å². The van der Waals surface area contributed by atoms with E-state index in [0.717, 1.165) is 42.6 Å². The summed E-state index contributed by atoms with van der Waals surface area (Å²) in [7, 11) is 0. The van der Waals surface area contributed by atoms with Gasteiger partial charge in [-0.25, -0.2) is 0 Å². The predicted molar refractivity (Wildman–Crippen MR) is 86.8 cm³/mol. The molecule has 3 N–H and O–H groups in total. The Bertz CT molecular complexity index is 483. The fourth-order valence-corrected chi connectivity index (χ4v) is 3.56. The molecule has 0 bridgehead atoms. The standard InChI is InChI=1S/C17H29N3O2/c1-12(16-13(2)19-20-14(16)3)10-15(21)18-11-17(22)8-6-4-5-7-9-17/h12,22H,4-11H2,1-3H3,(H,18,21)(H,19,20). The van der Waals surface area contributed by atoms with Crippen LogP contribution in [0.25, 0.3) is 0 Å². The molecule has 1 saturated carbocycles. The van der Waals surface area contributed by atoms with Gasteiger partial charge in [-0.05, 0) is 38.2 Å². The van der Waals surface area contributed by atoms with Crippen LogP contribution in [0.4, 0.5) is 0 Å². The lowest BCUT2D eigenvalue weighted by atomic mass is 9.93. The van der Waals surface area contributed by atoms with Crippen LogP contribution in [0.3, 0.4) is 0 Å². The number of aromatic nitrogens is 2. The van der Waals surface area contributed by atoms with Crippen LogP contribution in [0, 0.1) is 13.8 Å². The molecule has 1 amide bonds. The van der Waals surface area contributed by atoms with Crippen LogP contribution in [-0.4, -0.2) is 33.4 Å². The minimum atomic E-state index is -0.711. The lowest BCUT2D eigenvalue weighted by molar-refractivity contribution is -0.122. The van der Waals surface area contributed by atoms with E-state index in [1.54, 1.807) is 0 Å². The number of aryl methyl sites for hydroxylation is 2. The largest absolute Gasteiger partial charge is 0.388 e. The minimum absolute atomic E-state index is 0.00479. The highest BCUT2D eigenvalue weighted by Gasteiger charge is 2.28. The molecule has 2 rings (SSSR count). The molecule has 5 heteroatoms. The summed E-state index contributed by atoms with van der Waals surface area (Å²) in [5, 5.41) is 20.7. The van der Waals surface area contributed by atoms with Gasteiger partial charge in [-0.3, -0.25) is 9.89 Å². The second-order valence-electron chi connectivity index (χ2n) is 6.87. The topological polar surface area (TPSA) is 78.0 Å². The van der Waals surface area contributed by atoms with Crippen LogP contribution in [0.1, 0.15) is 74.7 Å². The third-order valence-electron chi connectivity index (χ3n) is 4.82. The molecule has 0 radical (unpaired) electrons. The van der Waals surface area contributed by atoms with Gasteiger partial charge >= 0.3 is 0 Å². The number of hydrogen-bond acceptors (Lipinski definition) is 3. The van der Waals surface area contributed by atoms with E-state index in [1.807, 2.05) is 20.8 Å². The fraction of sp³-hybridized carbons (Fsp3) is 0.765. The highest BCUT2D eigenvalue weighted by Crippen LogP contribution is 2.27. The molecule has 5 nitrogen and oxygen atoms in total. The Labute approximate surface area is 132 Å². The molecule has 0 aromatic carbocycles. The van der Waals surface area contributed by atoms with Crippen molar-refractivity contribution in [3.05, 3.63) is 17.0 Å². The highest BCUT2D eigenvalue weighted by molar-refractivity contribution is 5.77. The minimum Gasteiger partial charge on any atom is -0.388 e. The van der Waals surface area contributed by atoms with Crippen LogP contribution in [0.2, 0.25) is 0 Å². The van der Waals surface area contributed by atoms with Gasteiger partial charge in [0.25, 0.3) is 0 Å². The van der Waals surface area contributed by atoms with Crippen molar-refractivity contribution in [2.45, 2.75) is 77.2 Å². The first-order valence-electron chi connectivity index (χ1n) is 8.42. The first kappa shape index (κ1) is 17.0. The third kappa shape index (κ3) is 4.32. The molecule has 1 aromatic rings. The van der Waals surface area contributed by atoms with E-state index in [-0.39, 0.29) is 11.8 Å². The Hall–Kier alpha value is -1.36. The van der Waals surface area contributed by atoms with Crippen LogP contribution >= 0.6 is 0 Å². The van der Waals surface area contributed by atoms with Crippen LogP contribution in [0.15, 0.2) is 0 Å². The van der Waals surface area contributed by atoms with Gasteiger partial charge in [0.2, 0.25) is 5.91 Å². The van der Waals surface area contributed by atoms with Gasteiger partial charge in [-0.15, -0.1) is 0 Å². The van der Waals surface area contributed by atoms with Crippen molar-refractivity contribution in [3.63, 3.8) is 0 Å². The zero-order valence-corrected chi connectivity index (χ0v) is 14.0. The first-order valence-corrected chi connectivity index (χ1v) is 8.42. The fourth-order valence-electron chi connectivity index (χ4n) is 3.56. The molecule has 0 aliphatic heterocycles. The Morgan fingerprint density at radius 1 is 1.32 bits per heavy atom. The predicted octanol–water partition coefficient (Wildman–Crippen LogP) is 2.72. The maximum atomic E-state index is 12.2. The quantitative estimate of drug-likeness (QED) is 0.732. The molecule has 1 unspecified atom stereocenters. The maximum Gasteiger partial charge on any atom is 0.220 e. The second kappa shape index (κ2) is 7.27. The Balaban J connectivity index is 1.85. The van der Waals surface area contributed by atoms with E-state index in [2.05, 4.69) is 15.5 Å². The van der Waals surface area contributed by atoms with E-state index >= 15 is 0 Å². The lowest BCUT2D eigenvalue weighted by Gasteiger charge is -2.27. The molecule has 1 heterocycles. The van der Waals surface area contributed by atoms with Crippen LogP contribution in [-0.2, 0) is 4.79 Å². The number of aliphatic hydroxyl groups is 1. The Morgan fingerprint density at radius 3 is 2.50 bits per heavy atom. The van der Waals surface area contributed by atoms with Gasteiger partial charge in [0, 0.05) is 18.7 Å². The average Bonchev–Trinajstić information content (AvgIpc) is 2.67. The summed E-state index contributed by atoms with van der Waals surface area (Å²) in [6, 6.07) is 0. The monoisotopic (exact) mass is 307 g/mol. The van der Waals surface area contributed by atoms with Crippen molar-refractivity contribution < 1.29 is 9.90 Å². The van der Waals surface area contributed by atoms with E-state index in [0.29, 0.717) is 13.0 Å². The van der Waals surface area contributed by atoms with Crippen molar-refractivity contribution >= 4 is 5.91 Å². The molecule has 124 valence electrons. The van der Waals surface area contributed by atoms with Crippen molar-refractivity contribution in [1.82, 2.24) is 15.5 Å². The molecule has 0 spiro atoms. The van der Waals surface area contributed by atoms with E-state index in [9.17, 15) is 9.90 Å². The van der Waals surface area contributed by atoms with Crippen LogP contribution in [0.5, 0.6) is 0 Å². The SMILES string of the molecule is Cc1n[nH]c(C)c1C(C)CC(=O)NCC1(O)CCCCCC1. The van der Waals surface area contributed by atoms with Gasteiger partial charge in [-0.1, -0.05) is 32.6 Å². The van der Waals surface area contributed by atoms with Crippen molar-refractivity contribution in [1.29, 1.82) is 0 Å². The van der Waals surface area contributed by atoms with Crippen molar-refractivity contribution in [2.24, 2.45) is 0 Å². The number of nitrogens with zero attached hydrogens (tertiary/aromatic N) is 1. The number of nitrogens with one attached hydrogen (secondary N) is 2. The van der Waals surface area contributed by atoms with Gasteiger partial charge < -0.3 is 10.4 Å². The van der Waals surface area contributed by atoms with Gasteiger partial charge in [-0.2, -0.15) is 5.10 Å². The zero-order chi connectivity index (χ0) is 16.2. The number of carbonyl (C=O) groups excluding carboxylic acids is 1. The van der Waals surface area contributed by atoms with E-state index in [1.165, 1.54) is 12.8 Å². The number of amides is 1. The van der Waals surface area contributed by atoms with Gasteiger partial charge in [0.05, 0.1) is 11.3 Å². The lowest BCUT2D eigenvalue weighted by Crippen LogP contribution is -2.42. The number of hydrogen-bond donors (Lipinski definition) is 3. The third-order valence-corrected chi connectivity index (χ3v) is 4.82. The molecular formula is C17H29N3O2. The summed E-state index contributed by atoms with van der Waals surface area (Å²) in [4.78, 5) is 12.2. The van der Waals surface area contributed by atoms with Crippen molar-refractivity contribution in [3.8, 4) is 0 Å². The summed E-state index contributed by atoms with van der Waals surface area (Å²) < 4.78 is 0. The highest BCUT2D eigenvalue weighted by atomic mass is 16.3. The number of aromatic amines is 1. The van der Waals surface area contributed by atoms with E-state index < -0.39 is 5.60 Å². The molecular weight excluding hydrogens is 278 g/mol. The molecule has 1 aromatic heterocycles. The number of carbonyl (C=O) groups is 1. The smallest absolute Gasteiger partial charge is 0.220 e. The molecule has 1 aliphatic carbocycles. The zero-order valence-electron chi connectivity index (χ0n) is 14.0. The van der Waals surface area contributed by atoms with E-state index in [4.69, 9.17) is 0 Å². The first-order chi connectivity index (χ1) is 10.4.